The summed E-state index contributed by atoms with van der Waals surface area (Å²) in [5.41, 5.74) is 1.03. The highest BCUT2D eigenvalue weighted by Crippen LogP contribution is 2.35. The van der Waals surface area contributed by atoms with Crippen molar-refractivity contribution in [2.24, 2.45) is 5.10 Å². The minimum absolute atomic E-state index is 0.0321. The highest BCUT2D eigenvalue weighted by molar-refractivity contribution is 9.10. The summed E-state index contributed by atoms with van der Waals surface area (Å²) in [6.45, 7) is 8.10. The van der Waals surface area contributed by atoms with Crippen molar-refractivity contribution in [3.05, 3.63) is 61.6 Å². The maximum Gasteiger partial charge on any atom is 0.282 e. The molecule has 32 heavy (non-hydrogen) atoms. The van der Waals surface area contributed by atoms with Crippen LogP contribution in [0.2, 0.25) is 5.02 Å². The third-order valence-electron chi connectivity index (χ3n) is 5.36. The molecule has 3 aromatic rings. The molecule has 2 aromatic carbocycles. The van der Waals surface area contributed by atoms with E-state index in [2.05, 4.69) is 28.0 Å². The number of nitrogens with zero attached hydrogens (tertiary/aromatic N) is 3. The number of ether oxygens (including phenoxy) is 2. The fraction of sp³-hybridized carbons (Fsp3) is 0.375. The van der Waals surface area contributed by atoms with Crippen molar-refractivity contribution in [3.63, 3.8) is 0 Å². The van der Waals surface area contributed by atoms with Gasteiger partial charge in [-0.2, -0.15) is 9.78 Å². The van der Waals surface area contributed by atoms with E-state index in [0.29, 0.717) is 38.8 Å². The summed E-state index contributed by atoms with van der Waals surface area (Å²) in [5.74, 6) is 1.68. The number of methoxy groups -OCH3 is 1. The number of halogens is 2. The Morgan fingerprint density at radius 3 is 2.62 bits per heavy atom. The highest BCUT2D eigenvalue weighted by atomic mass is 79.9. The Balaban J connectivity index is 2.21. The van der Waals surface area contributed by atoms with Crippen molar-refractivity contribution >= 4 is 44.6 Å². The third-order valence-corrected chi connectivity index (χ3v) is 6.07. The van der Waals surface area contributed by atoms with Gasteiger partial charge < -0.3 is 9.47 Å². The van der Waals surface area contributed by atoms with Crippen LogP contribution in [0.3, 0.4) is 0 Å². The van der Waals surface area contributed by atoms with Crippen molar-refractivity contribution in [3.8, 4) is 11.5 Å². The number of hydrogen-bond acceptors (Lipinski definition) is 5. The highest BCUT2D eigenvalue weighted by Gasteiger charge is 2.17. The Morgan fingerprint density at radius 1 is 1.22 bits per heavy atom. The zero-order valence-electron chi connectivity index (χ0n) is 18.9. The lowest BCUT2D eigenvalue weighted by Gasteiger charge is -2.18. The van der Waals surface area contributed by atoms with Gasteiger partial charge in [-0.3, -0.25) is 4.79 Å². The molecule has 0 N–H and O–H groups in total. The minimum atomic E-state index is -0.235. The Labute approximate surface area is 201 Å². The molecular formula is C24H27BrClN3O3. The van der Waals surface area contributed by atoms with Gasteiger partial charge >= 0.3 is 0 Å². The summed E-state index contributed by atoms with van der Waals surface area (Å²) in [5, 5.41) is 5.51. The maximum absolute atomic E-state index is 13.3. The van der Waals surface area contributed by atoms with E-state index in [1.54, 1.807) is 31.5 Å². The van der Waals surface area contributed by atoms with Crippen LogP contribution in [-0.2, 0) is 0 Å². The zero-order valence-corrected chi connectivity index (χ0v) is 21.2. The smallest absolute Gasteiger partial charge is 0.282 e. The van der Waals surface area contributed by atoms with Crippen molar-refractivity contribution in [2.75, 3.05) is 7.11 Å². The average molecular weight is 521 g/mol. The summed E-state index contributed by atoms with van der Waals surface area (Å²) in [6.07, 6.45) is 3.18. The van der Waals surface area contributed by atoms with E-state index in [9.17, 15) is 4.79 Å². The first-order valence-corrected chi connectivity index (χ1v) is 11.8. The maximum atomic E-state index is 13.3. The molecule has 6 nitrogen and oxygen atoms in total. The molecule has 3 rings (SSSR count). The molecule has 170 valence electrons. The molecule has 0 bridgehead atoms. The Bertz CT molecular complexity index is 1210. The van der Waals surface area contributed by atoms with Crippen LogP contribution in [0.25, 0.3) is 10.9 Å². The van der Waals surface area contributed by atoms with Gasteiger partial charge in [0.2, 0.25) is 0 Å². The second-order valence-electron chi connectivity index (χ2n) is 7.67. The monoisotopic (exact) mass is 519 g/mol. The zero-order chi connectivity index (χ0) is 23.4. The number of hydrogen-bond donors (Lipinski definition) is 0. The molecule has 0 fully saturated rings. The molecule has 0 aliphatic carbocycles. The SMILES string of the molecule is CC[C@@H](C)Oc1c(C=Nn2c([C@@H](C)CC)nc3ccc(Br)cc3c2=O)cc(Cl)cc1OC. The van der Waals surface area contributed by atoms with E-state index in [0.717, 1.165) is 17.3 Å². The van der Waals surface area contributed by atoms with Crippen molar-refractivity contribution in [1.29, 1.82) is 0 Å². The van der Waals surface area contributed by atoms with Gasteiger partial charge in [0, 0.05) is 27.0 Å². The minimum Gasteiger partial charge on any atom is -0.493 e. The quantitative estimate of drug-likeness (QED) is 0.323. The van der Waals surface area contributed by atoms with Crippen LogP contribution in [0.15, 0.2) is 44.7 Å². The summed E-state index contributed by atoms with van der Waals surface area (Å²) in [6, 6.07) is 8.91. The van der Waals surface area contributed by atoms with Crippen LogP contribution in [0, 0.1) is 0 Å². The van der Waals surface area contributed by atoms with Gasteiger partial charge in [0.1, 0.15) is 5.82 Å². The van der Waals surface area contributed by atoms with E-state index >= 15 is 0 Å². The van der Waals surface area contributed by atoms with Crippen LogP contribution >= 0.6 is 27.5 Å². The summed E-state index contributed by atoms with van der Waals surface area (Å²) >= 11 is 9.73. The number of rotatable bonds is 8. The van der Waals surface area contributed by atoms with Crippen LogP contribution in [0.1, 0.15) is 57.8 Å². The van der Waals surface area contributed by atoms with Crippen molar-refractivity contribution in [2.45, 2.75) is 52.6 Å². The fourth-order valence-corrected chi connectivity index (χ4v) is 3.72. The predicted octanol–water partition coefficient (Wildman–Crippen LogP) is 6.39. The average Bonchev–Trinajstić information content (AvgIpc) is 2.79. The van der Waals surface area contributed by atoms with E-state index < -0.39 is 0 Å². The topological polar surface area (TPSA) is 65.7 Å². The van der Waals surface area contributed by atoms with Crippen LogP contribution in [0.5, 0.6) is 11.5 Å². The first-order chi connectivity index (χ1) is 15.3. The summed E-state index contributed by atoms with van der Waals surface area (Å²) < 4.78 is 13.7. The molecule has 0 aliphatic rings. The fourth-order valence-electron chi connectivity index (χ4n) is 3.15. The van der Waals surface area contributed by atoms with Crippen LogP contribution < -0.4 is 15.0 Å². The van der Waals surface area contributed by atoms with Crippen LogP contribution in [0.4, 0.5) is 0 Å². The van der Waals surface area contributed by atoms with Gasteiger partial charge in [0.15, 0.2) is 11.5 Å². The number of fused-ring (bicyclic) bond motifs is 1. The Morgan fingerprint density at radius 2 is 1.97 bits per heavy atom. The second-order valence-corrected chi connectivity index (χ2v) is 9.02. The molecule has 0 unspecified atom stereocenters. The molecule has 2 atom stereocenters. The lowest BCUT2D eigenvalue weighted by Crippen LogP contribution is -2.23. The molecule has 0 saturated carbocycles. The molecule has 0 amide bonds. The summed E-state index contributed by atoms with van der Waals surface area (Å²) in [7, 11) is 1.56. The van der Waals surface area contributed by atoms with Crippen molar-refractivity contribution < 1.29 is 9.47 Å². The van der Waals surface area contributed by atoms with Crippen LogP contribution in [-0.4, -0.2) is 29.1 Å². The second kappa shape index (κ2) is 10.5. The Kier molecular flexibility index (Phi) is 7.96. The van der Waals surface area contributed by atoms with Gasteiger partial charge in [-0.05, 0) is 44.0 Å². The molecule has 0 radical (unpaired) electrons. The largest absolute Gasteiger partial charge is 0.493 e. The third kappa shape index (κ3) is 5.15. The molecule has 8 heteroatoms. The van der Waals surface area contributed by atoms with Gasteiger partial charge in [-0.1, -0.05) is 48.3 Å². The first-order valence-electron chi connectivity index (χ1n) is 10.6. The molecule has 0 saturated heterocycles. The first kappa shape index (κ1) is 24.3. The van der Waals surface area contributed by atoms with E-state index in [4.69, 9.17) is 26.1 Å². The standard InChI is InChI=1S/C24H27BrClN3O3/c1-6-14(3)23-28-20-9-8-17(25)11-19(20)24(30)29(23)27-13-16-10-18(26)12-21(31-5)22(16)32-15(4)7-2/h8-15H,6-7H2,1-5H3/t14-,15+/m0/s1. The molecule has 0 spiro atoms. The van der Waals surface area contributed by atoms with Gasteiger partial charge in [0.05, 0.1) is 30.3 Å². The van der Waals surface area contributed by atoms with E-state index in [-0.39, 0.29) is 17.6 Å². The molecule has 1 aromatic heterocycles. The van der Waals surface area contributed by atoms with E-state index in [1.165, 1.54) is 4.68 Å². The van der Waals surface area contributed by atoms with Gasteiger partial charge in [-0.25, -0.2) is 4.98 Å². The molecule has 0 aliphatic heterocycles. The predicted molar refractivity (Wildman–Crippen MR) is 134 cm³/mol. The van der Waals surface area contributed by atoms with Gasteiger partial charge in [-0.15, -0.1) is 0 Å². The normalized spacial score (nSPS) is 13.5. The van der Waals surface area contributed by atoms with E-state index in [1.807, 2.05) is 32.9 Å². The number of aromatic nitrogens is 2. The summed E-state index contributed by atoms with van der Waals surface area (Å²) in [4.78, 5) is 18.1. The lowest BCUT2D eigenvalue weighted by molar-refractivity contribution is 0.207. The lowest BCUT2D eigenvalue weighted by atomic mass is 10.1. The Hall–Kier alpha value is -2.38. The van der Waals surface area contributed by atoms with Gasteiger partial charge in [0.25, 0.3) is 5.56 Å². The number of benzene rings is 2. The molecular weight excluding hydrogens is 494 g/mol. The molecule has 1 heterocycles. The van der Waals surface area contributed by atoms with Crippen molar-refractivity contribution in [1.82, 2.24) is 9.66 Å².